The van der Waals surface area contributed by atoms with Gasteiger partial charge in [-0.15, -0.1) is 0 Å². The molecule has 3 heteroatoms. The molecule has 2 unspecified atom stereocenters. The van der Waals surface area contributed by atoms with Crippen molar-refractivity contribution in [2.24, 2.45) is 0 Å². The van der Waals surface area contributed by atoms with E-state index in [2.05, 4.69) is 5.32 Å². The molecule has 1 aliphatic heterocycles. The van der Waals surface area contributed by atoms with Gasteiger partial charge in [0.1, 0.15) is 0 Å². The molecule has 0 aromatic heterocycles. The fourth-order valence-electron chi connectivity index (χ4n) is 1.67. The SMILES string of the molecule is CNC1(c2ccccc2)OCC(C)O1. The van der Waals surface area contributed by atoms with E-state index in [0.29, 0.717) is 6.61 Å². The van der Waals surface area contributed by atoms with Gasteiger partial charge >= 0.3 is 0 Å². The zero-order valence-corrected chi connectivity index (χ0v) is 8.49. The van der Waals surface area contributed by atoms with Crippen LogP contribution in [0.15, 0.2) is 30.3 Å². The maximum absolute atomic E-state index is 5.75. The van der Waals surface area contributed by atoms with Crippen LogP contribution >= 0.6 is 0 Å². The van der Waals surface area contributed by atoms with Crippen LogP contribution < -0.4 is 5.32 Å². The average Bonchev–Trinajstić information content (AvgIpc) is 2.63. The van der Waals surface area contributed by atoms with Gasteiger partial charge in [0.25, 0.3) is 5.91 Å². The third-order valence-electron chi connectivity index (χ3n) is 2.37. The van der Waals surface area contributed by atoms with Crippen molar-refractivity contribution in [2.45, 2.75) is 18.9 Å². The number of ether oxygens (including phenoxy) is 2. The zero-order valence-electron chi connectivity index (χ0n) is 8.49. The van der Waals surface area contributed by atoms with Crippen LogP contribution in [0.4, 0.5) is 0 Å². The van der Waals surface area contributed by atoms with Gasteiger partial charge in [0.2, 0.25) is 0 Å². The maximum atomic E-state index is 5.75. The molecule has 0 aliphatic carbocycles. The summed E-state index contributed by atoms with van der Waals surface area (Å²) in [5.41, 5.74) is 1.01. The number of nitrogens with one attached hydrogen (secondary N) is 1. The first kappa shape index (κ1) is 9.65. The third-order valence-corrected chi connectivity index (χ3v) is 2.37. The molecule has 2 rings (SSSR count). The fraction of sp³-hybridized carbons (Fsp3) is 0.455. The molecule has 1 fully saturated rings. The third kappa shape index (κ3) is 1.54. The summed E-state index contributed by atoms with van der Waals surface area (Å²) in [6, 6.07) is 9.92. The second-order valence-electron chi connectivity index (χ2n) is 3.47. The molecule has 1 saturated heterocycles. The molecule has 1 aliphatic rings. The van der Waals surface area contributed by atoms with Crippen LogP contribution in [0.1, 0.15) is 12.5 Å². The molecule has 1 heterocycles. The molecule has 0 radical (unpaired) electrons. The lowest BCUT2D eigenvalue weighted by atomic mass is 10.1. The van der Waals surface area contributed by atoms with Gasteiger partial charge in [0.05, 0.1) is 12.7 Å². The minimum Gasteiger partial charge on any atom is -0.331 e. The summed E-state index contributed by atoms with van der Waals surface area (Å²) in [6.07, 6.45) is 0.127. The summed E-state index contributed by atoms with van der Waals surface area (Å²) in [6.45, 7) is 2.62. The lowest BCUT2D eigenvalue weighted by molar-refractivity contribution is -0.195. The summed E-state index contributed by atoms with van der Waals surface area (Å²) >= 11 is 0. The van der Waals surface area contributed by atoms with Crippen LogP contribution in [0.25, 0.3) is 0 Å². The Morgan fingerprint density at radius 1 is 1.36 bits per heavy atom. The van der Waals surface area contributed by atoms with E-state index >= 15 is 0 Å². The molecule has 14 heavy (non-hydrogen) atoms. The standard InChI is InChI=1S/C11H15NO2/c1-9-8-13-11(12-2,14-9)10-6-4-3-5-7-10/h3-7,9,12H,8H2,1-2H3. The van der Waals surface area contributed by atoms with E-state index in [4.69, 9.17) is 9.47 Å². The maximum Gasteiger partial charge on any atom is 0.255 e. The molecule has 0 bridgehead atoms. The van der Waals surface area contributed by atoms with Crippen molar-refractivity contribution >= 4 is 0 Å². The molecule has 1 aromatic rings. The summed E-state index contributed by atoms with van der Waals surface area (Å²) in [7, 11) is 1.84. The van der Waals surface area contributed by atoms with Crippen LogP contribution in [0.3, 0.4) is 0 Å². The zero-order chi connectivity index (χ0) is 10.0. The van der Waals surface area contributed by atoms with E-state index < -0.39 is 5.91 Å². The fourth-order valence-corrected chi connectivity index (χ4v) is 1.67. The van der Waals surface area contributed by atoms with Gasteiger partial charge in [-0.05, 0) is 14.0 Å². The number of hydrogen-bond donors (Lipinski definition) is 1. The molecule has 1 aromatic carbocycles. The van der Waals surface area contributed by atoms with Gasteiger partial charge in [0.15, 0.2) is 0 Å². The molecular weight excluding hydrogens is 178 g/mol. The first-order chi connectivity index (χ1) is 6.77. The van der Waals surface area contributed by atoms with Gasteiger partial charge in [-0.1, -0.05) is 30.3 Å². The largest absolute Gasteiger partial charge is 0.331 e. The van der Waals surface area contributed by atoms with Crippen molar-refractivity contribution in [2.75, 3.05) is 13.7 Å². The topological polar surface area (TPSA) is 30.5 Å². The summed E-state index contributed by atoms with van der Waals surface area (Å²) in [5, 5.41) is 3.08. The predicted octanol–water partition coefficient (Wildman–Crippen LogP) is 1.45. The Bertz CT molecular complexity index is 301. The van der Waals surface area contributed by atoms with Gasteiger partial charge in [0, 0.05) is 5.56 Å². The van der Waals surface area contributed by atoms with Crippen molar-refractivity contribution in [3.63, 3.8) is 0 Å². The van der Waals surface area contributed by atoms with Gasteiger partial charge in [-0.2, -0.15) is 0 Å². The van der Waals surface area contributed by atoms with Crippen LogP contribution in [-0.2, 0) is 15.4 Å². The normalized spacial score (nSPS) is 32.0. The predicted molar refractivity (Wildman–Crippen MR) is 53.7 cm³/mol. The quantitative estimate of drug-likeness (QED) is 0.771. The Balaban J connectivity index is 2.30. The van der Waals surface area contributed by atoms with E-state index in [-0.39, 0.29) is 6.10 Å². The van der Waals surface area contributed by atoms with Crippen molar-refractivity contribution in [1.82, 2.24) is 5.32 Å². The van der Waals surface area contributed by atoms with E-state index in [0.717, 1.165) is 5.56 Å². The molecule has 0 saturated carbocycles. The molecule has 0 spiro atoms. The molecule has 3 nitrogen and oxygen atoms in total. The van der Waals surface area contributed by atoms with Gasteiger partial charge < -0.3 is 9.47 Å². The lowest BCUT2D eigenvalue weighted by Crippen LogP contribution is -2.41. The van der Waals surface area contributed by atoms with Crippen LogP contribution in [0.2, 0.25) is 0 Å². The Kier molecular flexibility index (Phi) is 2.54. The summed E-state index contributed by atoms with van der Waals surface area (Å²) < 4.78 is 11.4. The minimum atomic E-state index is -0.749. The Morgan fingerprint density at radius 3 is 2.57 bits per heavy atom. The molecule has 76 valence electrons. The molecular formula is C11H15NO2. The van der Waals surface area contributed by atoms with Gasteiger partial charge in [-0.3, -0.25) is 5.32 Å². The highest BCUT2D eigenvalue weighted by Crippen LogP contribution is 2.30. The van der Waals surface area contributed by atoms with Crippen LogP contribution in [-0.4, -0.2) is 19.8 Å². The summed E-state index contributed by atoms with van der Waals surface area (Å²) in [5.74, 6) is -0.749. The van der Waals surface area contributed by atoms with E-state index in [9.17, 15) is 0 Å². The summed E-state index contributed by atoms with van der Waals surface area (Å²) in [4.78, 5) is 0. The molecule has 1 N–H and O–H groups in total. The van der Waals surface area contributed by atoms with Crippen molar-refractivity contribution in [3.8, 4) is 0 Å². The lowest BCUT2D eigenvalue weighted by Gasteiger charge is -2.27. The van der Waals surface area contributed by atoms with Crippen molar-refractivity contribution in [1.29, 1.82) is 0 Å². The first-order valence-electron chi connectivity index (χ1n) is 4.83. The second kappa shape index (κ2) is 3.69. The molecule has 2 atom stereocenters. The van der Waals surface area contributed by atoms with Crippen molar-refractivity contribution < 1.29 is 9.47 Å². The van der Waals surface area contributed by atoms with Gasteiger partial charge in [-0.25, -0.2) is 0 Å². The Hall–Kier alpha value is -0.900. The van der Waals surface area contributed by atoms with Crippen molar-refractivity contribution in [3.05, 3.63) is 35.9 Å². The highest BCUT2D eigenvalue weighted by atomic mass is 16.8. The smallest absolute Gasteiger partial charge is 0.255 e. The Labute approximate surface area is 84.0 Å². The number of rotatable bonds is 2. The monoisotopic (exact) mass is 193 g/mol. The molecule has 0 amide bonds. The number of benzene rings is 1. The average molecular weight is 193 g/mol. The number of hydrogen-bond acceptors (Lipinski definition) is 3. The van der Waals surface area contributed by atoms with Crippen LogP contribution in [0, 0.1) is 0 Å². The highest BCUT2D eigenvalue weighted by Gasteiger charge is 2.40. The van der Waals surface area contributed by atoms with E-state index in [1.165, 1.54) is 0 Å². The van der Waals surface area contributed by atoms with E-state index in [1.54, 1.807) is 0 Å². The second-order valence-corrected chi connectivity index (χ2v) is 3.47. The first-order valence-corrected chi connectivity index (χ1v) is 4.83. The van der Waals surface area contributed by atoms with E-state index in [1.807, 2.05) is 44.3 Å². The minimum absolute atomic E-state index is 0.127. The Morgan fingerprint density at radius 2 is 2.07 bits per heavy atom. The van der Waals surface area contributed by atoms with Crippen LogP contribution in [0.5, 0.6) is 0 Å². The highest BCUT2D eigenvalue weighted by molar-refractivity contribution is 5.20.